The maximum absolute atomic E-state index is 12.8. The molecule has 1 aromatic carbocycles. The Balaban J connectivity index is 1.34. The lowest BCUT2D eigenvalue weighted by Gasteiger charge is -2.35. The molecule has 0 aliphatic carbocycles. The summed E-state index contributed by atoms with van der Waals surface area (Å²) in [6.45, 7) is 8.30. The van der Waals surface area contributed by atoms with E-state index in [1.54, 1.807) is 12.1 Å². The van der Waals surface area contributed by atoms with E-state index in [1.165, 1.54) is 11.3 Å². The topological polar surface area (TPSA) is 124 Å². The van der Waals surface area contributed by atoms with E-state index in [0.29, 0.717) is 35.8 Å². The number of likely N-dealkylation sites (tertiary alicyclic amines) is 1. The number of thiazole rings is 1. The van der Waals surface area contributed by atoms with E-state index in [1.807, 2.05) is 31.4 Å². The van der Waals surface area contributed by atoms with Gasteiger partial charge in [0, 0.05) is 48.2 Å². The Kier molecular flexibility index (Phi) is 7.68. The molecule has 2 fully saturated rings. The van der Waals surface area contributed by atoms with Crippen LogP contribution < -0.4 is 10.6 Å². The number of amides is 3. The SMILES string of the molecule is CC(C)(CN1CCOCC1)NC(=O)c1ccc(-c2csc(NC(=O)C3CCCN3C(=O)O)n2)cc1. The molecule has 10 nitrogen and oxygen atoms in total. The predicted octanol–water partition coefficient (Wildman–Crippen LogP) is 2.73. The smallest absolute Gasteiger partial charge is 0.407 e. The normalized spacial score (nSPS) is 18.9. The molecule has 1 aromatic heterocycles. The monoisotopic (exact) mass is 501 g/mol. The number of carbonyl (C=O) groups excluding carboxylic acids is 2. The summed E-state index contributed by atoms with van der Waals surface area (Å²) in [5.41, 5.74) is 1.66. The lowest BCUT2D eigenvalue weighted by Crippen LogP contribution is -2.53. The minimum absolute atomic E-state index is 0.138. The van der Waals surface area contributed by atoms with Gasteiger partial charge >= 0.3 is 6.09 Å². The summed E-state index contributed by atoms with van der Waals surface area (Å²) >= 11 is 1.27. The molecular weight excluding hydrogens is 470 g/mol. The highest BCUT2D eigenvalue weighted by Crippen LogP contribution is 2.26. The van der Waals surface area contributed by atoms with Crippen molar-refractivity contribution in [2.75, 3.05) is 44.7 Å². The van der Waals surface area contributed by atoms with Crippen LogP contribution in [0.25, 0.3) is 11.3 Å². The number of nitrogens with zero attached hydrogens (tertiary/aromatic N) is 3. The number of carboxylic acid groups (broad SMARTS) is 1. The fraction of sp³-hybridized carbons (Fsp3) is 0.500. The fourth-order valence-corrected chi connectivity index (χ4v) is 5.17. The Morgan fingerprint density at radius 3 is 2.57 bits per heavy atom. The van der Waals surface area contributed by atoms with Crippen LogP contribution in [0.15, 0.2) is 29.6 Å². The van der Waals surface area contributed by atoms with Gasteiger partial charge in [-0.25, -0.2) is 9.78 Å². The molecule has 2 aromatic rings. The van der Waals surface area contributed by atoms with Crippen LogP contribution in [0, 0.1) is 0 Å². The summed E-state index contributed by atoms with van der Waals surface area (Å²) in [5, 5.41) is 17.3. The van der Waals surface area contributed by atoms with Crippen LogP contribution in [0.2, 0.25) is 0 Å². The fourth-order valence-electron chi connectivity index (χ4n) is 4.45. The number of carbonyl (C=O) groups is 3. The second-order valence-corrected chi connectivity index (χ2v) is 10.3. The summed E-state index contributed by atoms with van der Waals surface area (Å²) in [6.07, 6.45) is 0.0807. The third-order valence-corrected chi connectivity index (χ3v) is 6.91. The maximum atomic E-state index is 12.8. The van der Waals surface area contributed by atoms with Gasteiger partial charge in [-0.05, 0) is 38.8 Å². The second-order valence-electron chi connectivity index (χ2n) is 9.47. The Bertz CT molecular complexity index is 1060. The van der Waals surface area contributed by atoms with Gasteiger partial charge in [-0.1, -0.05) is 12.1 Å². The zero-order chi connectivity index (χ0) is 25.0. The largest absolute Gasteiger partial charge is 0.465 e. The molecule has 2 aliphatic heterocycles. The van der Waals surface area contributed by atoms with Gasteiger partial charge in [0.1, 0.15) is 6.04 Å². The van der Waals surface area contributed by atoms with Crippen molar-refractivity contribution in [3.05, 3.63) is 35.2 Å². The lowest BCUT2D eigenvalue weighted by atomic mass is 10.0. The molecule has 0 bridgehead atoms. The third-order valence-electron chi connectivity index (χ3n) is 6.15. The quantitative estimate of drug-likeness (QED) is 0.533. The number of anilines is 1. The van der Waals surface area contributed by atoms with Crippen LogP contribution in [0.4, 0.5) is 9.93 Å². The summed E-state index contributed by atoms with van der Waals surface area (Å²) in [5.74, 6) is -0.502. The highest BCUT2D eigenvalue weighted by atomic mass is 32.1. The van der Waals surface area contributed by atoms with Crippen molar-refractivity contribution in [2.24, 2.45) is 0 Å². The average molecular weight is 502 g/mol. The number of morpholine rings is 1. The van der Waals surface area contributed by atoms with E-state index in [9.17, 15) is 19.5 Å². The van der Waals surface area contributed by atoms with Gasteiger partial charge in [0.2, 0.25) is 5.91 Å². The predicted molar refractivity (Wildman–Crippen MR) is 133 cm³/mol. The zero-order valence-electron chi connectivity index (χ0n) is 20.0. The summed E-state index contributed by atoms with van der Waals surface area (Å²) in [7, 11) is 0. The van der Waals surface area contributed by atoms with Crippen molar-refractivity contribution in [1.82, 2.24) is 20.1 Å². The number of nitrogens with one attached hydrogen (secondary N) is 2. The van der Waals surface area contributed by atoms with Crippen LogP contribution in [0.3, 0.4) is 0 Å². The van der Waals surface area contributed by atoms with Crippen molar-refractivity contribution < 1.29 is 24.2 Å². The summed E-state index contributed by atoms with van der Waals surface area (Å²) in [4.78, 5) is 44.6. The lowest BCUT2D eigenvalue weighted by molar-refractivity contribution is -0.119. The van der Waals surface area contributed by atoms with E-state index in [-0.39, 0.29) is 17.4 Å². The summed E-state index contributed by atoms with van der Waals surface area (Å²) in [6, 6.07) is 6.48. The number of rotatable bonds is 7. The molecule has 188 valence electrons. The Labute approximate surface area is 208 Å². The van der Waals surface area contributed by atoms with Gasteiger partial charge in [0.05, 0.1) is 18.9 Å². The number of aromatic nitrogens is 1. The standard InChI is InChI=1S/C24H31N5O5S/c1-24(2,15-28-10-12-34-13-11-28)27-20(30)17-7-5-16(6-8-17)18-14-35-22(25-18)26-21(31)19-4-3-9-29(19)23(32)33/h5-8,14,19H,3-4,9-13,15H2,1-2H3,(H,27,30)(H,32,33)(H,25,26,31). The van der Waals surface area contributed by atoms with Gasteiger partial charge in [-0.2, -0.15) is 0 Å². The van der Waals surface area contributed by atoms with E-state index < -0.39 is 12.1 Å². The number of hydrogen-bond acceptors (Lipinski definition) is 7. The van der Waals surface area contributed by atoms with Gasteiger partial charge in [0.25, 0.3) is 5.91 Å². The molecule has 2 saturated heterocycles. The molecule has 11 heteroatoms. The number of benzene rings is 1. The van der Waals surface area contributed by atoms with Gasteiger partial charge in [-0.15, -0.1) is 11.3 Å². The van der Waals surface area contributed by atoms with Gasteiger partial charge in [0.15, 0.2) is 5.13 Å². The Morgan fingerprint density at radius 2 is 1.89 bits per heavy atom. The molecule has 0 radical (unpaired) electrons. The molecule has 1 atom stereocenters. The first-order valence-electron chi connectivity index (χ1n) is 11.7. The van der Waals surface area contributed by atoms with Crippen LogP contribution in [-0.2, 0) is 9.53 Å². The van der Waals surface area contributed by atoms with Crippen LogP contribution in [0.1, 0.15) is 37.0 Å². The molecule has 2 aliphatic rings. The first kappa shape index (κ1) is 25.1. The molecule has 0 spiro atoms. The number of hydrogen-bond donors (Lipinski definition) is 3. The molecule has 4 rings (SSSR count). The van der Waals surface area contributed by atoms with Crippen molar-refractivity contribution in [3.63, 3.8) is 0 Å². The van der Waals surface area contributed by atoms with E-state index in [0.717, 1.165) is 43.3 Å². The van der Waals surface area contributed by atoms with Crippen molar-refractivity contribution in [1.29, 1.82) is 0 Å². The van der Waals surface area contributed by atoms with Crippen LogP contribution in [0.5, 0.6) is 0 Å². The molecule has 1 unspecified atom stereocenters. The molecule has 3 N–H and O–H groups in total. The maximum Gasteiger partial charge on any atom is 0.407 e. The summed E-state index contributed by atoms with van der Waals surface area (Å²) < 4.78 is 5.39. The highest BCUT2D eigenvalue weighted by Gasteiger charge is 2.34. The van der Waals surface area contributed by atoms with Crippen molar-refractivity contribution >= 4 is 34.4 Å². The van der Waals surface area contributed by atoms with E-state index in [2.05, 4.69) is 20.5 Å². The second kappa shape index (κ2) is 10.7. The Hall–Kier alpha value is -3.02. The number of ether oxygens (including phenoxy) is 1. The third kappa shape index (κ3) is 6.36. The first-order valence-corrected chi connectivity index (χ1v) is 12.6. The molecular formula is C24H31N5O5S. The van der Waals surface area contributed by atoms with E-state index in [4.69, 9.17) is 4.74 Å². The average Bonchev–Trinajstić information content (AvgIpc) is 3.49. The van der Waals surface area contributed by atoms with Gasteiger partial charge in [-0.3, -0.25) is 19.4 Å². The highest BCUT2D eigenvalue weighted by molar-refractivity contribution is 7.14. The minimum atomic E-state index is -1.09. The molecule has 3 amide bonds. The van der Waals surface area contributed by atoms with E-state index >= 15 is 0 Å². The molecule has 0 saturated carbocycles. The zero-order valence-corrected chi connectivity index (χ0v) is 20.8. The van der Waals surface area contributed by atoms with Crippen molar-refractivity contribution in [3.8, 4) is 11.3 Å². The Morgan fingerprint density at radius 1 is 1.17 bits per heavy atom. The van der Waals surface area contributed by atoms with Crippen LogP contribution in [-0.4, -0.2) is 88.8 Å². The molecule has 35 heavy (non-hydrogen) atoms. The first-order chi connectivity index (χ1) is 16.7. The minimum Gasteiger partial charge on any atom is -0.465 e. The van der Waals surface area contributed by atoms with Crippen LogP contribution >= 0.6 is 11.3 Å². The van der Waals surface area contributed by atoms with Crippen molar-refractivity contribution in [2.45, 2.75) is 38.3 Å². The molecule has 3 heterocycles. The van der Waals surface area contributed by atoms with Gasteiger partial charge < -0.3 is 20.5 Å².